The molecular weight excluding hydrogens is 364 g/mol. The molecule has 120 valence electrons. The van der Waals surface area contributed by atoms with E-state index in [4.69, 9.17) is 9.52 Å². The molecule has 0 saturated carbocycles. The van der Waals surface area contributed by atoms with Gasteiger partial charge >= 0.3 is 0 Å². The van der Waals surface area contributed by atoms with Gasteiger partial charge in [0.15, 0.2) is 5.76 Å². The molecule has 1 aromatic heterocycles. The number of nitrogens with one attached hydrogen (secondary N) is 2. The molecule has 0 saturated heterocycles. The lowest BCUT2D eigenvalue weighted by molar-refractivity contribution is -0.117. The van der Waals surface area contributed by atoms with Gasteiger partial charge in [0.25, 0.3) is 11.8 Å². The fourth-order valence-electron chi connectivity index (χ4n) is 1.74. The summed E-state index contributed by atoms with van der Waals surface area (Å²) < 4.78 is 5.91. The molecule has 0 bridgehead atoms. The molecule has 6 nitrogen and oxygen atoms in total. The number of hydrogen-bond acceptors (Lipinski definition) is 4. The molecule has 0 fully saturated rings. The standard InChI is InChI=1S/C16H15BrN2O4/c17-12-5-3-11(4-6-12)10-13(15(21)18-7-8-20)19-16(22)14-2-1-9-23-14/h1-6,9-10,20H,7-8H2,(H,18,21)(H,19,22). The zero-order valence-corrected chi connectivity index (χ0v) is 13.7. The molecule has 0 aliphatic heterocycles. The van der Waals surface area contributed by atoms with Crippen LogP contribution in [0, 0.1) is 0 Å². The average molecular weight is 379 g/mol. The van der Waals surface area contributed by atoms with E-state index in [2.05, 4.69) is 26.6 Å². The molecule has 2 aromatic rings. The minimum Gasteiger partial charge on any atom is -0.459 e. The zero-order valence-electron chi connectivity index (χ0n) is 12.1. The van der Waals surface area contributed by atoms with Crippen molar-refractivity contribution < 1.29 is 19.1 Å². The van der Waals surface area contributed by atoms with Crippen LogP contribution in [0.1, 0.15) is 16.1 Å². The van der Waals surface area contributed by atoms with Crippen LogP contribution >= 0.6 is 15.9 Å². The molecule has 3 N–H and O–H groups in total. The Kier molecular flexibility index (Phi) is 6.13. The van der Waals surface area contributed by atoms with Gasteiger partial charge in [0.05, 0.1) is 12.9 Å². The van der Waals surface area contributed by atoms with Gasteiger partial charge in [0.1, 0.15) is 5.70 Å². The van der Waals surface area contributed by atoms with Gasteiger partial charge in [-0.05, 0) is 35.9 Å². The number of aliphatic hydroxyl groups is 1. The Balaban J connectivity index is 2.22. The highest BCUT2D eigenvalue weighted by Crippen LogP contribution is 2.13. The molecule has 0 radical (unpaired) electrons. The van der Waals surface area contributed by atoms with Gasteiger partial charge in [-0.25, -0.2) is 0 Å². The van der Waals surface area contributed by atoms with Gasteiger partial charge in [-0.3, -0.25) is 9.59 Å². The molecule has 0 unspecified atom stereocenters. The second-order valence-electron chi connectivity index (χ2n) is 4.52. The van der Waals surface area contributed by atoms with Crippen LogP contribution in [0.3, 0.4) is 0 Å². The van der Waals surface area contributed by atoms with Crippen LogP contribution in [0.2, 0.25) is 0 Å². The van der Waals surface area contributed by atoms with Gasteiger partial charge < -0.3 is 20.2 Å². The van der Waals surface area contributed by atoms with E-state index in [-0.39, 0.29) is 24.6 Å². The quantitative estimate of drug-likeness (QED) is 0.669. The lowest BCUT2D eigenvalue weighted by Gasteiger charge is -2.09. The van der Waals surface area contributed by atoms with Crippen molar-refractivity contribution in [2.24, 2.45) is 0 Å². The maximum absolute atomic E-state index is 12.1. The number of furan rings is 1. The number of aliphatic hydroxyl groups excluding tert-OH is 1. The smallest absolute Gasteiger partial charge is 0.291 e. The van der Waals surface area contributed by atoms with E-state index in [1.807, 2.05) is 12.1 Å². The second-order valence-corrected chi connectivity index (χ2v) is 5.44. The zero-order chi connectivity index (χ0) is 16.7. The highest BCUT2D eigenvalue weighted by atomic mass is 79.9. The fraction of sp³-hybridized carbons (Fsp3) is 0.125. The Morgan fingerprint density at radius 2 is 1.96 bits per heavy atom. The third kappa shape index (κ3) is 5.08. The highest BCUT2D eigenvalue weighted by molar-refractivity contribution is 9.10. The first-order valence-corrected chi connectivity index (χ1v) is 7.60. The molecule has 1 heterocycles. The maximum Gasteiger partial charge on any atom is 0.291 e. The molecule has 1 aromatic carbocycles. The van der Waals surface area contributed by atoms with Crippen LogP contribution in [0.5, 0.6) is 0 Å². The number of amides is 2. The Morgan fingerprint density at radius 1 is 1.22 bits per heavy atom. The summed E-state index contributed by atoms with van der Waals surface area (Å²) in [4.78, 5) is 24.2. The van der Waals surface area contributed by atoms with Gasteiger partial charge in [0.2, 0.25) is 0 Å². The minimum atomic E-state index is -0.530. The second kappa shape index (κ2) is 8.30. The average Bonchev–Trinajstić information content (AvgIpc) is 3.08. The molecule has 7 heteroatoms. The van der Waals surface area contributed by atoms with Crippen molar-refractivity contribution in [3.05, 3.63) is 64.2 Å². The molecule has 0 aliphatic carbocycles. The van der Waals surface area contributed by atoms with Crippen molar-refractivity contribution in [3.8, 4) is 0 Å². The summed E-state index contributed by atoms with van der Waals surface area (Å²) in [6, 6.07) is 10.3. The summed E-state index contributed by atoms with van der Waals surface area (Å²) in [5.41, 5.74) is 0.796. The van der Waals surface area contributed by atoms with E-state index in [0.717, 1.165) is 10.0 Å². The molecule has 2 rings (SSSR count). The molecule has 0 aliphatic rings. The maximum atomic E-state index is 12.1. The van der Waals surface area contributed by atoms with Crippen LogP contribution in [-0.2, 0) is 4.79 Å². The van der Waals surface area contributed by atoms with Crippen molar-refractivity contribution >= 4 is 33.8 Å². The monoisotopic (exact) mass is 378 g/mol. The number of hydrogen-bond donors (Lipinski definition) is 3. The van der Waals surface area contributed by atoms with Gasteiger partial charge in [-0.2, -0.15) is 0 Å². The molecular formula is C16H15BrN2O4. The van der Waals surface area contributed by atoms with Gasteiger partial charge in [-0.1, -0.05) is 28.1 Å². The summed E-state index contributed by atoms with van der Waals surface area (Å²) in [7, 11) is 0. The number of rotatable bonds is 6. The van der Waals surface area contributed by atoms with E-state index >= 15 is 0 Å². The van der Waals surface area contributed by atoms with Crippen LogP contribution in [0.25, 0.3) is 6.08 Å². The summed E-state index contributed by atoms with van der Waals surface area (Å²) in [5.74, 6) is -0.930. The van der Waals surface area contributed by atoms with Gasteiger partial charge in [0, 0.05) is 11.0 Å². The summed E-state index contributed by atoms with van der Waals surface area (Å²) in [6.45, 7) is -0.101. The minimum absolute atomic E-state index is 0.0576. The Bertz CT molecular complexity index is 693. The van der Waals surface area contributed by atoms with E-state index in [0.29, 0.717) is 0 Å². The van der Waals surface area contributed by atoms with E-state index in [9.17, 15) is 9.59 Å². The number of halogens is 1. The third-order valence-corrected chi connectivity index (χ3v) is 3.34. The summed E-state index contributed by atoms with van der Waals surface area (Å²) in [5, 5.41) is 13.8. The van der Waals surface area contributed by atoms with Crippen LogP contribution in [0.15, 0.2) is 57.2 Å². The predicted molar refractivity (Wildman–Crippen MR) is 88.4 cm³/mol. The highest BCUT2D eigenvalue weighted by Gasteiger charge is 2.15. The lowest BCUT2D eigenvalue weighted by atomic mass is 10.2. The van der Waals surface area contributed by atoms with Crippen molar-refractivity contribution in [2.75, 3.05) is 13.2 Å². The predicted octanol–water partition coefficient (Wildman–Crippen LogP) is 1.92. The molecule has 0 spiro atoms. The molecule has 23 heavy (non-hydrogen) atoms. The van der Waals surface area contributed by atoms with Crippen molar-refractivity contribution in [3.63, 3.8) is 0 Å². The van der Waals surface area contributed by atoms with E-state index in [1.165, 1.54) is 12.3 Å². The lowest BCUT2D eigenvalue weighted by Crippen LogP contribution is -2.36. The van der Waals surface area contributed by atoms with Crippen LogP contribution in [0.4, 0.5) is 0 Å². The first-order chi connectivity index (χ1) is 11.1. The summed E-state index contributed by atoms with van der Waals surface area (Å²) in [6.07, 6.45) is 2.92. The van der Waals surface area contributed by atoms with Crippen LogP contribution in [-0.4, -0.2) is 30.1 Å². The van der Waals surface area contributed by atoms with E-state index in [1.54, 1.807) is 24.3 Å². The van der Waals surface area contributed by atoms with Crippen molar-refractivity contribution in [1.82, 2.24) is 10.6 Å². The Hall–Kier alpha value is -2.38. The molecule has 0 atom stereocenters. The van der Waals surface area contributed by atoms with E-state index < -0.39 is 11.8 Å². The largest absolute Gasteiger partial charge is 0.459 e. The number of carbonyl (C=O) groups excluding carboxylic acids is 2. The first kappa shape index (κ1) is 17.0. The van der Waals surface area contributed by atoms with Crippen LogP contribution < -0.4 is 10.6 Å². The Labute approximate surface area is 141 Å². The normalized spacial score (nSPS) is 11.1. The number of benzene rings is 1. The first-order valence-electron chi connectivity index (χ1n) is 6.81. The molecule has 2 amide bonds. The van der Waals surface area contributed by atoms with Crippen molar-refractivity contribution in [2.45, 2.75) is 0 Å². The third-order valence-electron chi connectivity index (χ3n) is 2.82. The SMILES string of the molecule is O=C(NCCO)C(=Cc1ccc(Br)cc1)NC(=O)c1ccco1. The number of carbonyl (C=O) groups is 2. The topological polar surface area (TPSA) is 91.6 Å². The fourth-order valence-corrected chi connectivity index (χ4v) is 2.00. The Morgan fingerprint density at radius 3 is 2.57 bits per heavy atom. The van der Waals surface area contributed by atoms with Gasteiger partial charge in [-0.15, -0.1) is 0 Å². The van der Waals surface area contributed by atoms with Crippen molar-refractivity contribution in [1.29, 1.82) is 0 Å². The summed E-state index contributed by atoms with van der Waals surface area (Å²) >= 11 is 3.33.